The van der Waals surface area contributed by atoms with Crippen molar-refractivity contribution < 1.29 is 0 Å². The van der Waals surface area contributed by atoms with Gasteiger partial charge in [-0.2, -0.15) is 0 Å². The lowest BCUT2D eigenvalue weighted by Crippen LogP contribution is -2.36. The van der Waals surface area contributed by atoms with E-state index in [4.69, 9.17) is 17.4 Å². The number of nitrogens with one attached hydrogen (secondary N) is 1. The average Bonchev–Trinajstić information content (AvgIpc) is 2.44. The molecule has 1 aliphatic rings. The van der Waals surface area contributed by atoms with Gasteiger partial charge in [-0.3, -0.25) is 11.3 Å². The molecule has 3 atom stereocenters. The summed E-state index contributed by atoms with van der Waals surface area (Å²) in [5.41, 5.74) is 4.28. The lowest BCUT2D eigenvalue weighted by Gasteiger charge is -2.34. The molecule has 106 valence electrons. The second-order valence-electron chi connectivity index (χ2n) is 5.51. The number of hydrogen-bond acceptors (Lipinski definition) is 2. The van der Waals surface area contributed by atoms with Crippen LogP contribution in [0.5, 0.6) is 0 Å². The molecule has 1 aliphatic carbocycles. The highest BCUT2D eigenvalue weighted by Crippen LogP contribution is 2.39. The topological polar surface area (TPSA) is 38.0 Å². The summed E-state index contributed by atoms with van der Waals surface area (Å²) in [7, 11) is 0. The second-order valence-corrected chi connectivity index (χ2v) is 7.11. The molecule has 19 heavy (non-hydrogen) atoms. The van der Waals surface area contributed by atoms with Crippen molar-refractivity contribution in [2.45, 2.75) is 45.1 Å². The molecule has 1 fully saturated rings. The van der Waals surface area contributed by atoms with Crippen LogP contribution in [0.3, 0.4) is 0 Å². The summed E-state index contributed by atoms with van der Waals surface area (Å²) in [4.78, 5) is 0. The number of benzene rings is 1. The molecule has 1 aromatic rings. The van der Waals surface area contributed by atoms with Crippen molar-refractivity contribution >= 4 is 34.2 Å². The maximum absolute atomic E-state index is 6.14. The van der Waals surface area contributed by atoms with Crippen LogP contribution in [0, 0.1) is 15.4 Å². The van der Waals surface area contributed by atoms with Crippen LogP contribution in [0.4, 0.5) is 0 Å². The molecule has 2 nitrogen and oxygen atoms in total. The molecule has 0 aromatic heterocycles. The summed E-state index contributed by atoms with van der Waals surface area (Å²) in [6.45, 7) is 2.29. The summed E-state index contributed by atoms with van der Waals surface area (Å²) in [6, 6.07) is 6.29. The molecule has 0 radical (unpaired) electrons. The third-order valence-electron chi connectivity index (χ3n) is 4.34. The third kappa shape index (κ3) is 3.84. The smallest absolute Gasteiger partial charge is 0.0499 e. The molecule has 1 aromatic carbocycles. The van der Waals surface area contributed by atoms with Crippen molar-refractivity contribution in [3.05, 3.63) is 32.4 Å². The summed E-state index contributed by atoms with van der Waals surface area (Å²) >= 11 is 8.51. The van der Waals surface area contributed by atoms with Gasteiger partial charge >= 0.3 is 0 Å². The lowest BCUT2D eigenvalue weighted by molar-refractivity contribution is 0.209. The Kier molecular flexibility index (Phi) is 5.93. The van der Waals surface area contributed by atoms with E-state index in [1.807, 2.05) is 6.07 Å². The summed E-state index contributed by atoms with van der Waals surface area (Å²) < 4.78 is 1.24. The first-order valence-electron chi connectivity index (χ1n) is 7.06. The summed E-state index contributed by atoms with van der Waals surface area (Å²) in [6.07, 6.45) is 6.50. The minimum atomic E-state index is 0.222. The van der Waals surface area contributed by atoms with Crippen molar-refractivity contribution in [2.75, 3.05) is 0 Å². The minimum Gasteiger partial charge on any atom is -0.271 e. The zero-order chi connectivity index (χ0) is 13.8. The van der Waals surface area contributed by atoms with Crippen LogP contribution in [0.1, 0.15) is 50.6 Å². The van der Waals surface area contributed by atoms with Gasteiger partial charge in [0.15, 0.2) is 0 Å². The van der Waals surface area contributed by atoms with Gasteiger partial charge in [-0.25, -0.2) is 0 Å². The maximum Gasteiger partial charge on any atom is 0.0499 e. The van der Waals surface area contributed by atoms with Gasteiger partial charge in [-0.1, -0.05) is 37.8 Å². The van der Waals surface area contributed by atoms with Crippen molar-refractivity contribution in [1.29, 1.82) is 0 Å². The highest BCUT2D eigenvalue weighted by atomic mass is 127. The van der Waals surface area contributed by atoms with Crippen molar-refractivity contribution in [3.63, 3.8) is 0 Å². The Morgan fingerprint density at radius 3 is 2.95 bits per heavy atom. The van der Waals surface area contributed by atoms with E-state index in [2.05, 4.69) is 47.1 Å². The second kappa shape index (κ2) is 7.25. The number of hydrazine groups is 1. The Morgan fingerprint density at radius 2 is 2.26 bits per heavy atom. The molecular weight excluding hydrogens is 371 g/mol. The van der Waals surface area contributed by atoms with Crippen LogP contribution in [-0.2, 0) is 0 Å². The molecule has 0 saturated heterocycles. The molecule has 0 amide bonds. The first-order valence-corrected chi connectivity index (χ1v) is 8.52. The van der Waals surface area contributed by atoms with Gasteiger partial charge in [0.05, 0.1) is 0 Å². The Balaban J connectivity index is 2.21. The quantitative estimate of drug-likeness (QED) is 0.444. The van der Waals surface area contributed by atoms with E-state index in [0.29, 0.717) is 5.92 Å². The SMILES string of the molecule is CCC1CCCC(C(NN)c2cc(Cl)ccc2I)C1. The van der Waals surface area contributed by atoms with E-state index in [1.165, 1.54) is 41.2 Å². The van der Waals surface area contributed by atoms with E-state index in [-0.39, 0.29) is 6.04 Å². The van der Waals surface area contributed by atoms with E-state index in [1.54, 1.807) is 0 Å². The predicted molar refractivity (Wildman–Crippen MR) is 90.0 cm³/mol. The van der Waals surface area contributed by atoms with Crippen molar-refractivity contribution in [2.24, 2.45) is 17.7 Å². The monoisotopic (exact) mass is 392 g/mol. The fourth-order valence-electron chi connectivity index (χ4n) is 3.24. The van der Waals surface area contributed by atoms with Gasteiger partial charge in [0.2, 0.25) is 0 Å². The Hall–Kier alpha value is 0.160. The van der Waals surface area contributed by atoms with E-state index in [9.17, 15) is 0 Å². The van der Waals surface area contributed by atoms with Gasteiger partial charge in [-0.05, 0) is 71.0 Å². The van der Waals surface area contributed by atoms with Crippen LogP contribution in [-0.4, -0.2) is 0 Å². The largest absolute Gasteiger partial charge is 0.271 e. The summed E-state index contributed by atoms with van der Waals surface area (Å²) in [5, 5.41) is 0.790. The van der Waals surface area contributed by atoms with Crippen LogP contribution in [0.25, 0.3) is 0 Å². The van der Waals surface area contributed by atoms with Crippen LogP contribution in [0.2, 0.25) is 5.02 Å². The number of rotatable bonds is 4. The fraction of sp³-hybridized carbons (Fsp3) is 0.600. The van der Waals surface area contributed by atoms with Crippen molar-refractivity contribution in [3.8, 4) is 0 Å². The van der Waals surface area contributed by atoms with E-state index < -0.39 is 0 Å². The minimum absolute atomic E-state index is 0.222. The molecular formula is C15H22ClIN2. The Morgan fingerprint density at radius 1 is 1.47 bits per heavy atom. The Labute approximate surface area is 134 Å². The van der Waals surface area contributed by atoms with Crippen molar-refractivity contribution in [1.82, 2.24) is 5.43 Å². The molecule has 2 rings (SSSR count). The molecule has 3 unspecified atom stereocenters. The predicted octanol–water partition coefficient (Wildman–Crippen LogP) is 4.67. The number of hydrogen-bond donors (Lipinski definition) is 2. The maximum atomic E-state index is 6.14. The molecule has 0 aliphatic heterocycles. The highest BCUT2D eigenvalue weighted by Gasteiger charge is 2.29. The molecule has 3 N–H and O–H groups in total. The van der Waals surface area contributed by atoms with Gasteiger partial charge in [0.1, 0.15) is 0 Å². The molecule has 0 heterocycles. The Bertz CT molecular complexity index is 425. The lowest BCUT2D eigenvalue weighted by atomic mass is 9.75. The molecule has 4 heteroatoms. The average molecular weight is 393 g/mol. The molecule has 1 saturated carbocycles. The number of halogens is 2. The highest BCUT2D eigenvalue weighted by molar-refractivity contribution is 14.1. The standard InChI is InChI=1S/C15H22ClIN2/c1-2-10-4-3-5-11(8-10)15(19-18)13-9-12(16)6-7-14(13)17/h6-7,9-11,15,19H,2-5,8,18H2,1H3. The first-order chi connectivity index (χ1) is 9.15. The van der Waals surface area contributed by atoms with Crippen LogP contribution >= 0.6 is 34.2 Å². The van der Waals surface area contributed by atoms with Gasteiger partial charge in [-0.15, -0.1) is 0 Å². The normalized spacial score (nSPS) is 25.3. The van der Waals surface area contributed by atoms with Crippen LogP contribution in [0.15, 0.2) is 18.2 Å². The van der Waals surface area contributed by atoms with Gasteiger partial charge in [0, 0.05) is 14.6 Å². The van der Waals surface area contributed by atoms with E-state index >= 15 is 0 Å². The van der Waals surface area contributed by atoms with E-state index in [0.717, 1.165) is 10.9 Å². The fourth-order valence-corrected chi connectivity index (χ4v) is 4.09. The van der Waals surface area contributed by atoms with Gasteiger partial charge < -0.3 is 0 Å². The molecule has 0 bridgehead atoms. The summed E-state index contributed by atoms with van der Waals surface area (Å²) in [5.74, 6) is 7.32. The molecule has 0 spiro atoms. The van der Waals surface area contributed by atoms with Crippen LogP contribution < -0.4 is 11.3 Å². The van der Waals surface area contributed by atoms with Gasteiger partial charge in [0.25, 0.3) is 0 Å². The third-order valence-corrected chi connectivity index (χ3v) is 5.56. The zero-order valence-corrected chi connectivity index (χ0v) is 14.2. The number of nitrogens with two attached hydrogens (primary N) is 1. The first kappa shape index (κ1) is 15.5. The zero-order valence-electron chi connectivity index (χ0n) is 11.3.